The number of methoxy groups -OCH3 is 1. The van der Waals surface area contributed by atoms with Crippen LogP contribution in [0.5, 0.6) is 0 Å². The number of hydrogen-bond acceptors (Lipinski definition) is 6. The van der Waals surface area contributed by atoms with Crippen LogP contribution in [0, 0.1) is 0 Å². The van der Waals surface area contributed by atoms with E-state index in [-0.39, 0.29) is 6.03 Å². The summed E-state index contributed by atoms with van der Waals surface area (Å²) in [6, 6.07) is -1.00. The number of carbonyl (C=O) groups excluding carboxylic acids is 2. The maximum atomic E-state index is 11.9. The number of ether oxygens (including phenoxy) is 1. The summed E-state index contributed by atoms with van der Waals surface area (Å²) in [6.45, 7) is 8.80. The van der Waals surface area contributed by atoms with E-state index < -0.39 is 12.0 Å². The van der Waals surface area contributed by atoms with E-state index in [1.807, 2.05) is 12.3 Å². The van der Waals surface area contributed by atoms with Crippen molar-refractivity contribution in [2.24, 2.45) is 5.73 Å². The lowest BCUT2D eigenvalue weighted by Gasteiger charge is -2.19. The van der Waals surface area contributed by atoms with Gasteiger partial charge < -0.3 is 20.7 Å². The fourth-order valence-corrected chi connectivity index (χ4v) is 2.33. The van der Waals surface area contributed by atoms with Gasteiger partial charge in [0.2, 0.25) is 0 Å². The average molecular weight is 344 g/mol. The predicted molar refractivity (Wildman–Crippen MR) is 92.4 cm³/mol. The Morgan fingerprint density at radius 1 is 1.43 bits per heavy atom. The Hall–Kier alpha value is -1.67. The van der Waals surface area contributed by atoms with Crippen molar-refractivity contribution in [2.45, 2.75) is 46.2 Å². The molecule has 1 aromatic heterocycles. The molecular formula is C15H28N4O3S. The standard InChI is InChI=1S/C13H21N3O3S.C2H7N/c1-8(2)11-15-10(7-20-11)6-16(4)13(18)14-9(3)12(17)19-5;1-2-3/h7-9H,6H2,1-5H3,(H,14,18);2-3H2,1H3. The number of rotatable bonds is 5. The zero-order chi connectivity index (χ0) is 18.0. The Morgan fingerprint density at radius 3 is 2.43 bits per heavy atom. The molecule has 2 amide bonds. The van der Waals surface area contributed by atoms with E-state index in [0.717, 1.165) is 17.2 Å². The molecule has 23 heavy (non-hydrogen) atoms. The molecule has 0 radical (unpaired) electrons. The third kappa shape index (κ3) is 7.94. The van der Waals surface area contributed by atoms with E-state index in [4.69, 9.17) is 5.73 Å². The Kier molecular flexibility index (Phi) is 10.2. The van der Waals surface area contributed by atoms with Crippen molar-refractivity contribution in [3.63, 3.8) is 0 Å². The van der Waals surface area contributed by atoms with E-state index >= 15 is 0 Å². The van der Waals surface area contributed by atoms with E-state index in [2.05, 4.69) is 28.9 Å². The first-order valence-electron chi connectivity index (χ1n) is 7.50. The van der Waals surface area contributed by atoms with Gasteiger partial charge in [0.15, 0.2) is 0 Å². The van der Waals surface area contributed by atoms with Crippen molar-refractivity contribution >= 4 is 23.3 Å². The number of nitrogens with two attached hydrogens (primary N) is 1. The Balaban J connectivity index is 0.00000149. The third-order valence-corrected chi connectivity index (χ3v) is 3.90. The van der Waals surface area contributed by atoms with Crippen LogP contribution in [0.15, 0.2) is 5.38 Å². The first kappa shape index (κ1) is 21.3. The molecule has 1 unspecified atom stereocenters. The molecule has 0 fully saturated rings. The van der Waals surface area contributed by atoms with Crippen LogP contribution >= 0.6 is 11.3 Å². The van der Waals surface area contributed by atoms with E-state index in [0.29, 0.717) is 12.5 Å². The summed E-state index contributed by atoms with van der Waals surface area (Å²) in [6.07, 6.45) is 0. The predicted octanol–water partition coefficient (Wildman–Crippen LogP) is 1.93. The summed E-state index contributed by atoms with van der Waals surface area (Å²) in [5.41, 5.74) is 5.70. The molecule has 0 saturated carbocycles. The molecule has 0 aliphatic rings. The second-order valence-corrected chi connectivity index (χ2v) is 6.18. The fourth-order valence-electron chi connectivity index (χ4n) is 1.51. The summed E-state index contributed by atoms with van der Waals surface area (Å²) >= 11 is 1.59. The van der Waals surface area contributed by atoms with Gasteiger partial charge in [-0.1, -0.05) is 20.8 Å². The molecule has 7 nitrogen and oxygen atoms in total. The summed E-state index contributed by atoms with van der Waals surface area (Å²) in [4.78, 5) is 29.1. The second-order valence-electron chi connectivity index (χ2n) is 5.29. The Labute approximate surface area is 142 Å². The zero-order valence-electron chi connectivity index (χ0n) is 14.8. The quantitative estimate of drug-likeness (QED) is 0.796. The molecule has 1 rings (SSSR count). The highest BCUT2D eigenvalue weighted by atomic mass is 32.1. The lowest BCUT2D eigenvalue weighted by atomic mass is 10.2. The highest BCUT2D eigenvalue weighted by molar-refractivity contribution is 7.09. The van der Waals surface area contributed by atoms with Gasteiger partial charge in [-0.25, -0.2) is 14.6 Å². The second kappa shape index (κ2) is 11.0. The average Bonchev–Trinajstić information content (AvgIpc) is 2.95. The van der Waals surface area contributed by atoms with Crippen molar-refractivity contribution in [3.8, 4) is 0 Å². The molecule has 132 valence electrons. The number of urea groups is 1. The minimum Gasteiger partial charge on any atom is -0.467 e. The van der Waals surface area contributed by atoms with Gasteiger partial charge in [-0.15, -0.1) is 11.3 Å². The Bertz CT molecular complexity index is 491. The SMILES string of the molecule is CCN.COC(=O)C(C)NC(=O)N(C)Cc1csc(C(C)C)n1. The van der Waals surface area contributed by atoms with Crippen LogP contribution in [0.25, 0.3) is 0 Å². The van der Waals surface area contributed by atoms with Crippen molar-refractivity contribution in [3.05, 3.63) is 16.1 Å². The van der Waals surface area contributed by atoms with Gasteiger partial charge in [-0.3, -0.25) is 0 Å². The van der Waals surface area contributed by atoms with Crippen molar-refractivity contribution in [1.82, 2.24) is 15.2 Å². The van der Waals surface area contributed by atoms with Crippen LogP contribution in [-0.2, 0) is 16.1 Å². The number of nitrogens with zero attached hydrogens (tertiary/aromatic N) is 2. The minimum atomic E-state index is -0.670. The summed E-state index contributed by atoms with van der Waals surface area (Å²) in [5.74, 6) is -0.0882. The zero-order valence-corrected chi connectivity index (χ0v) is 15.6. The van der Waals surface area contributed by atoms with Gasteiger partial charge >= 0.3 is 12.0 Å². The topological polar surface area (TPSA) is 97.5 Å². The number of esters is 1. The number of aromatic nitrogens is 1. The number of hydrogen-bond donors (Lipinski definition) is 2. The van der Waals surface area contributed by atoms with Crippen LogP contribution < -0.4 is 11.1 Å². The molecule has 0 saturated heterocycles. The van der Waals surface area contributed by atoms with Crippen LogP contribution in [0.3, 0.4) is 0 Å². The number of thiazole rings is 1. The van der Waals surface area contributed by atoms with Crippen LogP contribution in [0.1, 0.15) is 44.3 Å². The minimum absolute atomic E-state index is 0.331. The van der Waals surface area contributed by atoms with E-state index in [1.54, 1.807) is 25.3 Å². The molecule has 0 spiro atoms. The van der Waals surface area contributed by atoms with Gasteiger partial charge in [0.25, 0.3) is 0 Å². The summed E-state index contributed by atoms with van der Waals surface area (Å²) in [7, 11) is 2.95. The first-order chi connectivity index (χ1) is 10.8. The smallest absolute Gasteiger partial charge is 0.328 e. The molecule has 8 heteroatoms. The lowest BCUT2D eigenvalue weighted by molar-refractivity contribution is -0.142. The largest absolute Gasteiger partial charge is 0.467 e. The molecule has 1 aromatic rings. The third-order valence-electron chi connectivity index (χ3n) is 2.70. The number of amides is 2. The van der Waals surface area contributed by atoms with Crippen molar-refractivity contribution in [2.75, 3.05) is 20.7 Å². The maximum absolute atomic E-state index is 11.9. The molecule has 3 N–H and O–H groups in total. The monoisotopic (exact) mass is 344 g/mol. The number of carbonyl (C=O) groups is 2. The Morgan fingerprint density at radius 2 is 2.00 bits per heavy atom. The van der Waals surface area contributed by atoms with Crippen LogP contribution in [0.2, 0.25) is 0 Å². The van der Waals surface area contributed by atoms with Gasteiger partial charge in [-0.2, -0.15) is 0 Å². The molecule has 1 atom stereocenters. The van der Waals surface area contributed by atoms with Gasteiger partial charge in [-0.05, 0) is 13.5 Å². The fraction of sp³-hybridized carbons (Fsp3) is 0.667. The van der Waals surface area contributed by atoms with E-state index in [1.165, 1.54) is 12.0 Å². The highest BCUT2D eigenvalue weighted by Crippen LogP contribution is 2.19. The molecule has 0 aliphatic heterocycles. The molecule has 0 aliphatic carbocycles. The van der Waals surface area contributed by atoms with E-state index in [9.17, 15) is 9.59 Å². The highest BCUT2D eigenvalue weighted by Gasteiger charge is 2.19. The molecular weight excluding hydrogens is 316 g/mol. The van der Waals surface area contributed by atoms with Crippen LogP contribution in [-0.4, -0.2) is 48.6 Å². The lowest BCUT2D eigenvalue weighted by Crippen LogP contribution is -2.45. The first-order valence-corrected chi connectivity index (χ1v) is 8.38. The maximum Gasteiger partial charge on any atom is 0.328 e. The summed E-state index contributed by atoms with van der Waals surface area (Å²) in [5, 5.41) is 5.57. The van der Waals surface area contributed by atoms with Gasteiger partial charge in [0, 0.05) is 18.3 Å². The van der Waals surface area contributed by atoms with Crippen molar-refractivity contribution < 1.29 is 14.3 Å². The number of nitrogens with one attached hydrogen (secondary N) is 1. The normalized spacial score (nSPS) is 11.3. The van der Waals surface area contributed by atoms with Gasteiger partial charge in [0.05, 0.1) is 24.4 Å². The molecule has 1 heterocycles. The molecule has 0 aromatic carbocycles. The molecule has 0 bridgehead atoms. The van der Waals surface area contributed by atoms with Crippen molar-refractivity contribution in [1.29, 1.82) is 0 Å². The van der Waals surface area contributed by atoms with Crippen LogP contribution in [0.4, 0.5) is 4.79 Å². The van der Waals surface area contributed by atoms with Gasteiger partial charge in [0.1, 0.15) is 6.04 Å². The summed E-state index contributed by atoms with van der Waals surface area (Å²) < 4.78 is 4.56.